The largest absolute Gasteiger partial charge is 0.465 e. The number of hydrogen-bond donors (Lipinski definition) is 1. The number of amides is 1. The predicted octanol–water partition coefficient (Wildman–Crippen LogP) is 3.46. The summed E-state index contributed by atoms with van der Waals surface area (Å²) < 4.78 is 22.2. The first-order valence-corrected chi connectivity index (χ1v) is 8.76. The number of halogens is 1. The molecule has 0 saturated carbocycles. The van der Waals surface area contributed by atoms with Gasteiger partial charge in [-0.15, -0.1) is 0 Å². The number of likely N-dealkylation sites (tertiary alicyclic amines) is 1. The Morgan fingerprint density at radius 2 is 2.20 bits per heavy atom. The lowest BCUT2D eigenvalue weighted by Crippen LogP contribution is -2.27. The van der Waals surface area contributed by atoms with Gasteiger partial charge in [-0.05, 0) is 49.4 Å². The molecule has 134 valence electrons. The SMILES string of the molecule is Cc1cc2cnn(C3CCCCO3)c2cc1C1CN(C(=O)O)CC1F. The van der Waals surface area contributed by atoms with E-state index in [2.05, 4.69) is 5.10 Å². The summed E-state index contributed by atoms with van der Waals surface area (Å²) in [7, 11) is 0. The van der Waals surface area contributed by atoms with Gasteiger partial charge in [0.2, 0.25) is 0 Å². The third kappa shape index (κ3) is 2.86. The molecule has 4 rings (SSSR count). The number of carbonyl (C=O) groups is 1. The van der Waals surface area contributed by atoms with Crippen LogP contribution in [-0.4, -0.2) is 51.7 Å². The van der Waals surface area contributed by atoms with Gasteiger partial charge in [0.25, 0.3) is 0 Å². The zero-order valence-corrected chi connectivity index (χ0v) is 14.2. The van der Waals surface area contributed by atoms with E-state index < -0.39 is 18.2 Å². The van der Waals surface area contributed by atoms with Gasteiger partial charge in [0.1, 0.15) is 6.17 Å². The van der Waals surface area contributed by atoms with Gasteiger partial charge in [-0.1, -0.05) is 0 Å². The predicted molar refractivity (Wildman–Crippen MR) is 90.5 cm³/mol. The number of hydrogen-bond acceptors (Lipinski definition) is 3. The molecule has 1 amide bonds. The summed E-state index contributed by atoms with van der Waals surface area (Å²) in [6.07, 6.45) is 2.57. The van der Waals surface area contributed by atoms with Crippen LogP contribution >= 0.6 is 0 Å². The third-order valence-electron chi connectivity index (χ3n) is 5.33. The molecule has 6 nitrogen and oxygen atoms in total. The van der Waals surface area contributed by atoms with Crippen molar-refractivity contribution >= 4 is 17.0 Å². The summed E-state index contributed by atoms with van der Waals surface area (Å²) in [5.74, 6) is -0.434. The fourth-order valence-electron chi connectivity index (χ4n) is 3.98. The van der Waals surface area contributed by atoms with E-state index in [1.807, 2.05) is 29.9 Å². The number of benzene rings is 1. The minimum Gasteiger partial charge on any atom is -0.465 e. The molecule has 25 heavy (non-hydrogen) atoms. The van der Waals surface area contributed by atoms with Crippen molar-refractivity contribution < 1.29 is 19.0 Å². The normalized spacial score (nSPS) is 27.1. The van der Waals surface area contributed by atoms with Gasteiger partial charge < -0.3 is 14.7 Å². The first kappa shape index (κ1) is 16.3. The fraction of sp³-hybridized carbons (Fsp3) is 0.556. The summed E-state index contributed by atoms with van der Waals surface area (Å²) >= 11 is 0. The van der Waals surface area contributed by atoms with Gasteiger partial charge >= 0.3 is 6.09 Å². The molecule has 2 fully saturated rings. The van der Waals surface area contributed by atoms with E-state index in [0.717, 1.165) is 52.8 Å². The Balaban J connectivity index is 1.72. The molecule has 0 spiro atoms. The van der Waals surface area contributed by atoms with Crippen molar-refractivity contribution in [3.8, 4) is 0 Å². The maximum atomic E-state index is 14.5. The number of ether oxygens (including phenoxy) is 1. The van der Waals surface area contributed by atoms with Crippen LogP contribution in [0.15, 0.2) is 18.3 Å². The summed E-state index contributed by atoms with van der Waals surface area (Å²) in [5.41, 5.74) is 2.76. The van der Waals surface area contributed by atoms with Crippen molar-refractivity contribution in [3.63, 3.8) is 0 Å². The molecule has 1 N–H and O–H groups in total. The van der Waals surface area contributed by atoms with E-state index in [0.29, 0.717) is 0 Å². The number of carboxylic acid groups (broad SMARTS) is 1. The Kier molecular flexibility index (Phi) is 4.11. The van der Waals surface area contributed by atoms with Crippen LogP contribution in [-0.2, 0) is 4.74 Å². The van der Waals surface area contributed by atoms with Crippen molar-refractivity contribution in [3.05, 3.63) is 29.5 Å². The van der Waals surface area contributed by atoms with Crippen LogP contribution in [0.2, 0.25) is 0 Å². The van der Waals surface area contributed by atoms with Crippen molar-refractivity contribution in [1.29, 1.82) is 0 Å². The topological polar surface area (TPSA) is 67.6 Å². The maximum absolute atomic E-state index is 14.5. The second kappa shape index (κ2) is 6.29. The van der Waals surface area contributed by atoms with E-state index in [4.69, 9.17) is 9.84 Å². The zero-order valence-electron chi connectivity index (χ0n) is 14.2. The van der Waals surface area contributed by atoms with E-state index in [-0.39, 0.29) is 19.3 Å². The average molecular weight is 347 g/mol. The van der Waals surface area contributed by atoms with Crippen LogP contribution in [0.25, 0.3) is 10.9 Å². The number of aromatic nitrogens is 2. The van der Waals surface area contributed by atoms with Crippen molar-refractivity contribution in [2.24, 2.45) is 0 Å². The highest BCUT2D eigenvalue weighted by Crippen LogP contribution is 2.35. The molecule has 0 radical (unpaired) electrons. The van der Waals surface area contributed by atoms with E-state index >= 15 is 0 Å². The van der Waals surface area contributed by atoms with Crippen LogP contribution in [0.3, 0.4) is 0 Å². The molecule has 3 unspecified atom stereocenters. The highest BCUT2D eigenvalue weighted by molar-refractivity contribution is 5.81. The lowest BCUT2D eigenvalue weighted by atomic mass is 9.92. The average Bonchev–Trinajstić information content (AvgIpc) is 3.18. The third-order valence-corrected chi connectivity index (χ3v) is 5.33. The van der Waals surface area contributed by atoms with Crippen molar-refractivity contribution in [2.75, 3.05) is 19.7 Å². The van der Waals surface area contributed by atoms with Gasteiger partial charge in [-0.3, -0.25) is 0 Å². The Morgan fingerprint density at radius 3 is 2.88 bits per heavy atom. The van der Waals surface area contributed by atoms with Gasteiger partial charge in [0, 0.05) is 24.5 Å². The number of fused-ring (bicyclic) bond motifs is 1. The van der Waals surface area contributed by atoms with E-state index in [9.17, 15) is 9.18 Å². The van der Waals surface area contributed by atoms with Crippen LogP contribution < -0.4 is 0 Å². The Morgan fingerprint density at radius 1 is 1.36 bits per heavy atom. The molecular weight excluding hydrogens is 325 g/mol. The first-order valence-electron chi connectivity index (χ1n) is 8.76. The van der Waals surface area contributed by atoms with Crippen LogP contribution in [0.4, 0.5) is 9.18 Å². The van der Waals surface area contributed by atoms with Gasteiger partial charge in [0.05, 0.1) is 18.3 Å². The maximum Gasteiger partial charge on any atom is 0.407 e. The molecule has 1 aromatic heterocycles. The minimum atomic E-state index is -1.19. The second-order valence-electron chi connectivity index (χ2n) is 6.99. The van der Waals surface area contributed by atoms with Crippen molar-refractivity contribution in [2.45, 2.75) is 44.5 Å². The summed E-state index contributed by atoms with van der Waals surface area (Å²) in [6, 6.07) is 3.98. The number of aryl methyl sites for hydroxylation is 1. The molecular formula is C18H22FN3O3. The molecule has 1 aromatic carbocycles. The highest BCUT2D eigenvalue weighted by atomic mass is 19.1. The van der Waals surface area contributed by atoms with Gasteiger partial charge in [-0.25, -0.2) is 13.9 Å². The summed E-state index contributed by atoms with van der Waals surface area (Å²) in [6.45, 7) is 2.80. The summed E-state index contributed by atoms with van der Waals surface area (Å²) in [4.78, 5) is 12.3. The second-order valence-corrected chi connectivity index (χ2v) is 6.99. The van der Waals surface area contributed by atoms with Gasteiger partial charge in [0.15, 0.2) is 6.23 Å². The van der Waals surface area contributed by atoms with Gasteiger partial charge in [-0.2, -0.15) is 5.10 Å². The summed E-state index contributed by atoms with van der Waals surface area (Å²) in [5, 5.41) is 14.6. The number of nitrogens with zero attached hydrogens (tertiary/aromatic N) is 3. The highest BCUT2D eigenvalue weighted by Gasteiger charge is 2.37. The van der Waals surface area contributed by atoms with Crippen LogP contribution in [0, 0.1) is 6.92 Å². The van der Waals surface area contributed by atoms with Crippen molar-refractivity contribution in [1.82, 2.24) is 14.7 Å². The van der Waals surface area contributed by atoms with E-state index in [1.165, 1.54) is 0 Å². The fourth-order valence-corrected chi connectivity index (χ4v) is 3.98. The zero-order chi connectivity index (χ0) is 17.6. The molecule has 0 aliphatic carbocycles. The minimum absolute atomic E-state index is 0.0670. The molecule has 2 aliphatic heterocycles. The van der Waals surface area contributed by atoms with Crippen LogP contribution in [0.5, 0.6) is 0 Å². The lowest BCUT2D eigenvalue weighted by molar-refractivity contribution is -0.0366. The van der Waals surface area contributed by atoms with E-state index in [1.54, 1.807) is 0 Å². The smallest absolute Gasteiger partial charge is 0.407 e. The molecule has 2 saturated heterocycles. The molecule has 3 heterocycles. The molecule has 0 bridgehead atoms. The Labute approximate surface area is 145 Å². The quantitative estimate of drug-likeness (QED) is 0.903. The Bertz CT molecular complexity index is 800. The number of alkyl halides is 1. The first-order chi connectivity index (χ1) is 12.0. The standard InChI is InChI=1S/C18H22FN3O3/c1-11-6-12-8-20-22(17-4-2-3-5-25-17)16(12)7-13(11)14-9-21(18(23)24)10-15(14)19/h6-8,14-15,17H,2-5,9-10H2,1H3,(H,23,24). The van der Waals surface area contributed by atoms with Crippen LogP contribution in [0.1, 0.15) is 42.5 Å². The molecule has 2 aliphatic rings. The Hall–Kier alpha value is -2.15. The monoisotopic (exact) mass is 347 g/mol. The molecule has 3 atom stereocenters. The number of rotatable bonds is 2. The molecule has 2 aromatic rings. The lowest BCUT2D eigenvalue weighted by Gasteiger charge is -2.24. The molecule has 7 heteroatoms.